The third-order valence-electron chi connectivity index (χ3n) is 4.87. The standard InChI is InChI=1S/C19H36O2/c1-3-5-7-9-11-13-17(14-12-10-8-6-4-2)18(20)19(21)15-16-19/h17,21H,3-16H2,1-2H3. The average Bonchev–Trinajstić information content (AvgIpc) is 3.23. The van der Waals surface area contributed by atoms with E-state index < -0.39 is 5.60 Å². The summed E-state index contributed by atoms with van der Waals surface area (Å²) < 4.78 is 0. The van der Waals surface area contributed by atoms with E-state index in [0.29, 0.717) is 12.8 Å². The van der Waals surface area contributed by atoms with Crippen molar-refractivity contribution in [2.75, 3.05) is 0 Å². The number of carbonyl (C=O) groups excluding carboxylic acids is 1. The summed E-state index contributed by atoms with van der Waals surface area (Å²) in [5, 5.41) is 10.1. The molecule has 0 aromatic rings. The molecule has 0 unspecified atom stereocenters. The second kappa shape index (κ2) is 10.4. The molecule has 0 aromatic heterocycles. The summed E-state index contributed by atoms with van der Waals surface area (Å²) in [4.78, 5) is 12.4. The van der Waals surface area contributed by atoms with E-state index in [2.05, 4.69) is 13.8 Å². The molecular weight excluding hydrogens is 260 g/mol. The normalized spacial score (nSPS) is 16.4. The monoisotopic (exact) mass is 296 g/mol. The zero-order valence-corrected chi connectivity index (χ0v) is 14.3. The van der Waals surface area contributed by atoms with Gasteiger partial charge >= 0.3 is 0 Å². The van der Waals surface area contributed by atoms with Gasteiger partial charge in [0, 0.05) is 5.92 Å². The Labute approximate surface area is 131 Å². The SMILES string of the molecule is CCCCCCCC(CCCCCCC)C(=O)C1(O)CC1. The van der Waals surface area contributed by atoms with Crippen molar-refractivity contribution in [1.82, 2.24) is 0 Å². The van der Waals surface area contributed by atoms with Crippen LogP contribution in [0.4, 0.5) is 0 Å². The number of Topliss-reactive ketones (excluding diaryl/α,β-unsaturated/α-hetero) is 1. The molecular formula is C19H36O2. The van der Waals surface area contributed by atoms with Crippen LogP contribution < -0.4 is 0 Å². The van der Waals surface area contributed by atoms with Crippen molar-refractivity contribution in [2.24, 2.45) is 5.92 Å². The van der Waals surface area contributed by atoms with Gasteiger partial charge in [-0.1, -0.05) is 78.1 Å². The third kappa shape index (κ3) is 7.44. The minimum absolute atomic E-state index is 0.126. The number of ketones is 1. The lowest BCUT2D eigenvalue weighted by Crippen LogP contribution is -2.30. The van der Waals surface area contributed by atoms with Crippen LogP contribution in [0.2, 0.25) is 0 Å². The molecule has 0 bridgehead atoms. The van der Waals surface area contributed by atoms with Gasteiger partial charge in [-0.15, -0.1) is 0 Å². The zero-order chi connectivity index (χ0) is 15.6. The van der Waals surface area contributed by atoms with Gasteiger partial charge in [-0.3, -0.25) is 4.79 Å². The molecule has 2 heteroatoms. The van der Waals surface area contributed by atoms with Crippen LogP contribution in [0, 0.1) is 5.92 Å². The molecule has 0 atom stereocenters. The minimum atomic E-state index is -0.919. The lowest BCUT2D eigenvalue weighted by molar-refractivity contribution is -0.133. The second-order valence-electron chi connectivity index (χ2n) is 7.00. The first-order chi connectivity index (χ1) is 10.1. The number of unbranched alkanes of at least 4 members (excludes halogenated alkanes) is 8. The minimum Gasteiger partial charge on any atom is -0.382 e. The van der Waals surface area contributed by atoms with Gasteiger partial charge in [0.15, 0.2) is 5.78 Å². The number of aliphatic hydroxyl groups is 1. The molecule has 1 fully saturated rings. The summed E-state index contributed by atoms with van der Waals surface area (Å²) >= 11 is 0. The molecule has 1 aliphatic carbocycles. The molecule has 0 aliphatic heterocycles. The zero-order valence-electron chi connectivity index (χ0n) is 14.3. The molecule has 0 spiro atoms. The Morgan fingerprint density at radius 2 is 1.29 bits per heavy atom. The van der Waals surface area contributed by atoms with Gasteiger partial charge in [0.05, 0.1) is 0 Å². The van der Waals surface area contributed by atoms with Gasteiger partial charge in [-0.2, -0.15) is 0 Å². The topological polar surface area (TPSA) is 37.3 Å². The highest BCUT2D eigenvalue weighted by atomic mass is 16.3. The van der Waals surface area contributed by atoms with E-state index >= 15 is 0 Å². The van der Waals surface area contributed by atoms with Crippen LogP contribution in [-0.4, -0.2) is 16.5 Å². The van der Waals surface area contributed by atoms with Crippen molar-refractivity contribution in [1.29, 1.82) is 0 Å². The molecule has 0 aromatic carbocycles. The van der Waals surface area contributed by atoms with Gasteiger partial charge in [0.25, 0.3) is 0 Å². The summed E-state index contributed by atoms with van der Waals surface area (Å²) in [6.45, 7) is 4.45. The van der Waals surface area contributed by atoms with Gasteiger partial charge in [-0.05, 0) is 25.7 Å². The van der Waals surface area contributed by atoms with Crippen molar-refractivity contribution < 1.29 is 9.90 Å². The van der Waals surface area contributed by atoms with Crippen molar-refractivity contribution in [3.05, 3.63) is 0 Å². The van der Waals surface area contributed by atoms with E-state index in [0.717, 1.165) is 25.7 Å². The smallest absolute Gasteiger partial charge is 0.167 e. The first-order valence-electron chi connectivity index (χ1n) is 9.40. The molecule has 1 N–H and O–H groups in total. The largest absolute Gasteiger partial charge is 0.382 e. The summed E-state index contributed by atoms with van der Waals surface area (Å²) in [5.41, 5.74) is -0.919. The highest BCUT2D eigenvalue weighted by Gasteiger charge is 2.49. The number of hydrogen-bond acceptors (Lipinski definition) is 2. The molecule has 1 aliphatic rings. The van der Waals surface area contributed by atoms with Gasteiger partial charge < -0.3 is 5.11 Å². The Hall–Kier alpha value is -0.370. The molecule has 0 heterocycles. The van der Waals surface area contributed by atoms with Crippen molar-refractivity contribution >= 4 is 5.78 Å². The fourth-order valence-corrected chi connectivity index (χ4v) is 3.14. The Morgan fingerprint density at radius 3 is 1.67 bits per heavy atom. The summed E-state index contributed by atoms with van der Waals surface area (Å²) in [6, 6.07) is 0. The number of carbonyl (C=O) groups is 1. The number of hydrogen-bond donors (Lipinski definition) is 1. The van der Waals surface area contributed by atoms with E-state index in [1.807, 2.05) is 0 Å². The van der Waals surface area contributed by atoms with E-state index in [1.54, 1.807) is 0 Å². The lowest BCUT2D eigenvalue weighted by Gasteiger charge is -2.19. The van der Waals surface area contributed by atoms with Crippen LogP contribution in [0.15, 0.2) is 0 Å². The molecule has 21 heavy (non-hydrogen) atoms. The molecule has 1 saturated carbocycles. The highest BCUT2D eigenvalue weighted by Crippen LogP contribution is 2.40. The second-order valence-corrected chi connectivity index (χ2v) is 7.00. The van der Waals surface area contributed by atoms with Gasteiger partial charge in [0.1, 0.15) is 5.60 Å². The molecule has 2 nitrogen and oxygen atoms in total. The maximum atomic E-state index is 12.4. The van der Waals surface area contributed by atoms with Crippen LogP contribution in [0.25, 0.3) is 0 Å². The quantitative estimate of drug-likeness (QED) is 0.435. The molecule has 1 rings (SSSR count). The number of rotatable bonds is 14. The predicted molar refractivity (Wildman–Crippen MR) is 89.4 cm³/mol. The van der Waals surface area contributed by atoms with Gasteiger partial charge in [0.2, 0.25) is 0 Å². The first kappa shape index (κ1) is 18.7. The van der Waals surface area contributed by atoms with Crippen LogP contribution in [-0.2, 0) is 4.79 Å². The summed E-state index contributed by atoms with van der Waals surface area (Å²) in [6.07, 6.45) is 15.9. The maximum absolute atomic E-state index is 12.4. The molecule has 0 saturated heterocycles. The van der Waals surface area contributed by atoms with E-state index in [4.69, 9.17) is 0 Å². The third-order valence-corrected chi connectivity index (χ3v) is 4.87. The maximum Gasteiger partial charge on any atom is 0.167 e. The van der Waals surface area contributed by atoms with Crippen LogP contribution in [0.1, 0.15) is 104 Å². The van der Waals surface area contributed by atoms with Gasteiger partial charge in [-0.25, -0.2) is 0 Å². The fraction of sp³-hybridized carbons (Fsp3) is 0.947. The summed E-state index contributed by atoms with van der Waals surface area (Å²) in [5.74, 6) is 0.286. The fourth-order valence-electron chi connectivity index (χ4n) is 3.14. The van der Waals surface area contributed by atoms with Crippen LogP contribution in [0.5, 0.6) is 0 Å². The average molecular weight is 296 g/mol. The highest BCUT2D eigenvalue weighted by molar-refractivity contribution is 5.91. The first-order valence-corrected chi connectivity index (χ1v) is 9.40. The van der Waals surface area contributed by atoms with Crippen molar-refractivity contribution in [3.63, 3.8) is 0 Å². The van der Waals surface area contributed by atoms with E-state index in [9.17, 15) is 9.90 Å². The predicted octanol–water partition coefficient (Wildman–Crippen LogP) is 5.42. The Morgan fingerprint density at radius 1 is 0.857 bits per heavy atom. The molecule has 0 radical (unpaired) electrons. The Kier molecular flexibility index (Phi) is 9.23. The Bertz CT molecular complexity index is 267. The lowest BCUT2D eigenvalue weighted by atomic mass is 9.87. The molecule has 124 valence electrons. The van der Waals surface area contributed by atoms with Crippen molar-refractivity contribution in [2.45, 2.75) is 109 Å². The van der Waals surface area contributed by atoms with Crippen LogP contribution >= 0.6 is 0 Å². The molecule has 0 amide bonds. The van der Waals surface area contributed by atoms with Crippen LogP contribution in [0.3, 0.4) is 0 Å². The summed E-state index contributed by atoms with van der Waals surface area (Å²) in [7, 11) is 0. The van der Waals surface area contributed by atoms with E-state index in [1.165, 1.54) is 51.4 Å². The van der Waals surface area contributed by atoms with E-state index in [-0.39, 0.29) is 11.7 Å². The Balaban J connectivity index is 2.26. The van der Waals surface area contributed by atoms with Crippen molar-refractivity contribution in [3.8, 4) is 0 Å².